The van der Waals surface area contributed by atoms with E-state index in [0.717, 1.165) is 19.5 Å². The van der Waals surface area contributed by atoms with E-state index in [-0.39, 0.29) is 11.9 Å². The Morgan fingerprint density at radius 3 is 2.32 bits per heavy atom. The number of methoxy groups -OCH3 is 3. The zero-order valence-electron chi connectivity index (χ0n) is 13.6. The Hall–Kier alpha value is -1.95. The highest BCUT2D eigenvalue weighted by Gasteiger charge is 2.24. The summed E-state index contributed by atoms with van der Waals surface area (Å²) in [6, 6.07) is 3.45. The van der Waals surface area contributed by atoms with Crippen LogP contribution in [0.15, 0.2) is 12.1 Å². The first-order chi connectivity index (χ1) is 10.6. The van der Waals surface area contributed by atoms with Crippen molar-refractivity contribution in [1.29, 1.82) is 0 Å². The Balaban J connectivity index is 2.21. The van der Waals surface area contributed by atoms with E-state index in [1.807, 2.05) is 0 Å². The average Bonchev–Trinajstić information content (AvgIpc) is 2.55. The number of carbonyl (C=O) groups excluding carboxylic acids is 1. The number of ether oxygens (including phenoxy) is 3. The quantitative estimate of drug-likeness (QED) is 0.861. The lowest BCUT2D eigenvalue weighted by Gasteiger charge is -2.30. The summed E-state index contributed by atoms with van der Waals surface area (Å²) < 4.78 is 15.8. The molecule has 2 rings (SSSR count). The van der Waals surface area contributed by atoms with Gasteiger partial charge in [0.25, 0.3) is 5.91 Å². The van der Waals surface area contributed by atoms with Gasteiger partial charge in [-0.05, 0) is 31.0 Å². The molecule has 1 aromatic carbocycles. The molecule has 1 heterocycles. The summed E-state index contributed by atoms with van der Waals surface area (Å²) in [6.07, 6.45) is 1.06. The number of amides is 1. The molecule has 1 aliphatic heterocycles. The smallest absolute Gasteiger partial charge is 0.251 e. The Bertz CT molecular complexity index is 508. The predicted octanol–water partition coefficient (Wildman–Crippen LogP) is 1.44. The molecule has 1 saturated heterocycles. The van der Waals surface area contributed by atoms with Crippen molar-refractivity contribution in [3.8, 4) is 17.2 Å². The molecular weight excluding hydrogens is 284 g/mol. The first-order valence-corrected chi connectivity index (χ1v) is 7.42. The zero-order chi connectivity index (χ0) is 16.1. The second kappa shape index (κ2) is 7.35. The molecule has 0 spiro atoms. The van der Waals surface area contributed by atoms with Crippen molar-refractivity contribution in [1.82, 2.24) is 10.6 Å². The molecule has 6 nitrogen and oxygen atoms in total. The van der Waals surface area contributed by atoms with E-state index < -0.39 is 0 Å². The van der Waals surface area contributed by atoms with Crippen molar-refractivity contribution in [2.75, 3.05) is 34.4 Å². The summed E-state index contributed by atoms with van der Waals surface area (Å²) in [5.74, 6) is 1.74. The molecule has 0 radical (unpaired) electrons. The third-order valence-corrected chi connectivity index (χ3v) is 4.07. The Morgan fingerprint density at radius 1 is 1.18 bits per heavy atom. The van der Waals surface area contributed by atoms with E-state index in [1.54, 1.807) is 12.1 Å². The Labute approximate surface area is 131 Å². The summed E-state index contributed by atoms with van der Waals surface area (Å²) in [7, 11) is 4.60. The van der Waals surface area contributed by atoms with Gasteiger partial charge in [0.05, 0.1) is 21.3 Å². The van der Waals surface area contributed by atoms with E-state index in [0.29, 0.717) is 28.7 Å². The fraction of sp³-hybridized carbons (Fsp3) is 0.562. The largest absolute Gasteiger partial charge is 0.493 e. The minimum Gasteiger partial charge on any atom is -0.493 e. The number of carbonyl (C=O) groups is 1. The monoisotopic (exact) mass is 308 g/mol. The summed E-state index contributed by atoms with van der Waals surface area (Å²) in [4.78, 5) is 12.5. The molecule has 1 amide bonds. The SMILES string of the molecule is COc1cc(C(=O)NC2CNCCC2C)cc(OC)c1OC. The van der Waals surface area contributed by atoms with E-state index in [2.05, 4.69) is 17.6 Å². The normalized spacial score (nSPS) is 21.1. The van der Waals surface area contributed by atoms with Gasteiger partial charge in [-0.2, -0.15) is 0 Å². The van der Waals surface area contributed by atoms with Crippen molar-refractivity contribution in [2.45, 2.75) is 19.4 Å². The van der Waals surface area contributed by atoms with Gasteiger partial charge in [0.15, 0.2) is 11.5 Å². The Kier molecular flexibility index (Phi) is 5.49. The minimum atomic E-state index is -0.139. The molecule has 6 heteroatoms. The summed E-state index contributed by atoms with van der Waals surface area (Å²) in [5.41, 5.74) is 0.493. The van der Waals surface area contributed by atoms with E-state index in [1.165, 1.54) is 21.3 Å². The topological polar surface area (TPSA) is 68.8 Å². The number of benzene rings is 1. The number of piperidine rings is 1. The molecular formula is C16H24N2O4. The Morgan fingerprint density at radius 2 is 1.82 bits per heavy atom. The molecule has 1 fully saturated rings. The highest BCUT2D eigenvalue weighted by atomic mass is 16.5. The molecule has 2 atom stereocenters. The van der Waals surface area contributed by atoms with Crippen LogP contribution in [0.25, 0.3) is 0 Å². The second-order valence-corrected chi connectivity index (χ2v) is 5.46. The van der Waals surface area contributed by atoms with Gasteiger partial charge in [-0.3, -0.25) is 4.79 Å². The van der Waals surface area contributed by atoms with E-state index >= 15 is 0 Å². The molecule has 0 bridgehead atoms. The number of hydrogen-bond donors (Lipinski definition) is 2. The fourth-order valence-corrected chi connectivity index (χ4v) is 2.65. The molecule has 2 unspecified atom stereocenters. The van der Waals surface area contributed by atoms with Gasteiger partial charge < -0.3 is 24.8 Å². The molecule has 0 aromatic heterocycles. The van der Waals surface area contributed by atoms with Crippen LogP contribution in [0.2, 0.25) is 0 Å². The van der Waals surface area contributed by atoms with Crippen LogP contribution in [0.3, 0.4) is 0 Å². The van der Waals surface area contributed by atoms with Gasteiger partial charge >= 0.3 is 0 Å². The molecule has 2 N–H and O–H groups in total. The molecule has 1 aromatic rings. The van der Waals surface area contributed by atoms with Gasteiger partial charge in [0.2, 0.25) is 5.75 Å². The molecule has 0 saturated carbocycles. The highest BCUT2D eigenvalue weighted by Crippen LogP contribution is 2.38. The highest BCUT2D eigenvalue weighted by molar-refractivity contribution is 5.95. The van der Waals surface area contributed by atoms with Gasteiger partial charge in [-0.15, -0.1) is 0 Å². The average molecular weight is 308 g/mol. The van der Waals surface area contributed by atoms with Gasteiger partial charge in [0.1, 0.15) is 0 Å². The number of rotatable bonds is 5. The second-order valence-electron chi connectivity index (χ2n) is 5.46. The summed E-state index contributed by atoms with van der Waals surface area (Å²) >= 11 is 0. The van der Waals surface area contributed by atoms with Crippen LogP contribution in [0.1, 0.15) is 23.7 Å². The van der Waals surface area contributed by atoms with Crippen LogP contribution in [0.5, 0.6) is 17.2 Å². The van der Waals surface area contributed by atoms with Crippen LogP contribution in [-0.2, 0) is 0 Å². The lowest BCUT2D eigenvalue weighted by atomic mass is 9.94. The van der Waals surface area contributed by atoms with Crippen molar-refractivity contribution >= 4 is 5.91 Å². The van der Waals surface area contributed by atoms with Crippen molar-refractivity contribution in [3.05, 3.63) is 17.7 Å². The van der Waals surface area contributed by atoms with Crippen LogP contribution in [-0.4, -0.2) is 46.4 Å². The standard InChI is InChI=1S/C16H24N2O4/c1-10-5-6-17-9-12(10)18-16(19)11-7-13(20-2)15(22-4)14(8-11)21-3/h7-8,10,12,17H,5-6,9H2,1-4H3,(H,18,19). The maximum atomic E-state index is 12.5. The van der Waals surface area contributed by atoms with Crippen molar-refractivity contribution < 1.29 is 19.0 Å². The van der Waals surface area contributed by atoms with Crippen molar-refractivity contribution in [2.24, 2.45) is 5.92 Å². The van der Waals surface area contributed by atoms with Crippen LogP contribution in [0.4, 0.5) is 0 Å². The summed E-state index contributed by atoms with van der Waals surface area (Å²) in [6.45, 7) is 3.94. The maximum absolute atomic E-state index is 12.5. The third-order valence-electron chi connectivity index (χ3n) is 4.07. The lowest BCUT2D eigenvalue weighted by Crippen LogP contribution is -2.50. The first kappa shape index (κ1) is 16.4. The van der Waals surface area contributed by atoms with Crippen molar-refractivity contribution in [3.63, 3.8) is 0 Å². The molecule has 22 heavy (non-hydrogen) atoms. The molecule has 122 valence electrons. The molecule has 1 aliphatic rings. The summed E-state index contributed by atoms with van der Waals surface area (Å²) in [5, 5.41) is 6.37. The minimum absolute atomic E-state index is 0.125. The fourth-order valence-electron chi connectivity index (χ4n) is 2.65. The number of hydrogen-bond acceptors (Lipinski definition) is 5. The zero-order valence-corrected chi connectivity index (χ0v) is 13.6. The van der Waals surface area contributed by atoms with Gasteiger partial charge in [-0.1, -0.05) is 6.92 Å². The molecule has 0 aliphatic carbocycles. The van der Waals surface area contributed by atoms with Gasteiger partial charge in [0, 0.05) is 18.2 Å². The van der Waals surface area contributed by atoms with E-state index in [9.17, 15) is 4.79 Å². The van der Waals surface area contributed by atoms with Crippen LogP contribution < -0.4 is 24.8 Å². The maximum Gasteiger partial charge on any atom is 0.251 e. The number of nitrogens with one attached hydrogen (secondary N) is 2. The van der Waals surface area contributed by atoms with E-state index in [4.69, 9.17) is 14.2 Å². The van der Waals surface area contributed by atoms with Gasteiger partial charge in [-0.25, -0.2) is 0 Å². The predicted molar refractivity (Wildman–Crippen MR) is 84.0 cm³/mol. The third kappa shape index (κ3) is 3.44. The van der Waals surface area contributed by atoms with Crippen LogP contribution in [0, 0.1) is 5.92 Å². The first-order valence-electron chi connectivity index (χ1n) is 7.42. The lowest BCUT2D eigenvalue weighted by molar-refractivity contribution is 0.0914. The van der Waals surface area contributed by atoms with Crippen LogP contribution >= 0.6 is 0 Å².